The second-order valence-corrected chi connectivity index (χ2v) is 19.4. The Balaban J connectivity index is 1.000. The first-order valence-corrected chi connectivity index (χ1v) is 22.1. The highest BCUT2D eigenvalue weighted by Crippen LogP contribution is 2.66. The molecular weight excluding hydrogens is 705 g/mol. The molecule has 0 spiro atoms. The van der Waals surface area contributed by atoms with E-state index in [4.69, 9.17) is 14.2 Å². The van der Waals surface area contributed by atoms with E-state index in [9.17, 15) is 18.0 Å². The first kappa shape index (κ1) is 38.0. The SMILES string of the molecule is CN1CCN(c2cc(N3CCN(CC(=O)[C@@]4(OS(C)(=O)=O)CC[C@H]5[C@@H]6CCC7=CC(=O)CC[C@]7(C)C6=CC[C@@]54C)CC3)nc(N3CCN(C)CC3)n2)CC1. The number of fused-ring (bicyclic) bond motifs is 5. The number of piperazine rings is 3. The molecule has 13 nitrogen and oxygen atoms in total. The molecule has 0 aromatic carbocycles. The summed E-state index contributed by atoms with van der Waals surface area (Å²) in [6.45, 7) is 14.9. The predicted octanol–water partition coefficient (Wildman–Crippen LogP) is 2.84. The van der Waals surface area contributed by atoms with Gasteiger partial charge in [-0.25, -0.2) is 0 Å². The molecular formula is C40H60N8O5S. The van der Waals surface area contributed by atoms with Gasteiger partial charge in [0.2, 0.25) is 5.95 Å². The largest absolute Gasteiger partial charge is 0.354 e. The van der Waals surface area contributed by atoms with Crippen LogP contribution in [0.4, 0.5) is 17.6 Å². The fourth-order valence-corrected chi connectivity index (χ4v) is 12.0. The van der Waals surface area contributed by atoms with Gasteiger partial charge in [0.25, 0.3) is 10.1 Å². The summed E-state index contributed by atoms with van der Waals surface area (Å²) < 4.78 is 32.1. The van der Waals surface area contributed by atoms with Crippen molar-refractivity contribution < 1.29 is 22.2 Å². The Morgan fingerprint density at radius 1 is 0.833 bits per heavy atom. The van der Waals surface area contributed by atoms with Crippen molar-refractivity contribution in [2.45, 2.75) is 64.4 Å². The molecule has 5 atom stereocenters. The van der Waals surface area contributed by atoms with Crippen LogP contribution in [-0.2, 0) is 23.9 Å². The molecule has 14 heteroatoms. The van der Waals surface area contributed by atoms with Crippen LogP contribution in [0.1, 0.15) is 58.8 Å². The molecule has 7 aliphatic rings. The smallest absolute Gasteiger partial charge is 0.265 e. The summed E-state index contributed by atoms with van der Waals surface area (Å²) in [5.74, 6) is 3.18. The maximum Gasteiger partial charge on any atom is 0.265 e. The Kier molecular flexibility index (Phi) is 10.0. The molecule has 0 amide bonds. The van der Waals surface area contributed by atoms with Gasteiger partial charge in [0.1, 0.15) is 11.6 Å². The van der Waals surface area contributed by atoms with Gasteiger partial charge in [-0.1, -0.05) is 31.1 Å². The third kappa shape index (κ3) is 6.81. The summed E-state index contributed by atoms with van der Waals surface area (Å²) in [7, 11) is 0.390. The quantitative estimate of drug-likeness (QED) is 0.285. The summed E-state index contributed by atoms with van der Waals surface area (Å²) in [6, 6.07) is 2.14. The summed E-state index contributed by atoms with van der Waals surface area (Å²) in [5, 5.41) is 0. The van der Waals surface area contributed by atoms with Crippen molar-refractivity contribution in [2.24, 2.45) is 22.7 Å². The number of ketones is 2. The number of carbonyl (C=O) groups excluding carboxylic acids is 2. The van der Waals surface area contributed by atoms with Gasteiger partial charge in [-0.05, 0) is 70.5 Å². The van der Waals surface area contributed by atoms with E-state index < -0.39 is 21.1 Å². The Bertz CT molecular complexity index is 1770. The number of aromatic nitrogens is 2. The van der Waals surface area contributed by atoms with Gasteiger partial charge in [-0.3, -0.25) is 18.7 Å². The zero-order valence-corrected chi connectivity index (χ0v) is 33.9. The van der Waals surface area contributed by atoms with Gasteiger partial charge in [-0.15, -0.1) is 0 Å². The molecule has 5 fully saturated rings. The normalized spacial score (nSPS) is 34.2. The minimum absolute atomic E-state index is 0.120. The van der Waals surface area contributed by atoms with E-state index in [0.717, 1.165) is 102 Å². The second kappa shape index (κ2) is 14.2. The van der Waals surface area contributed by atoms with E-state index >= 15 is 0 Å². The van der Waals surface area contributed by atoms with Crippen LogP contribution in [-0.4, -0.2) is 156 Å². The zero-order chi connectivity index (χ0) is 38.0. The molecule has 0 radical (unpaired) electrons. The van der Waals surface area contributed by atoms with Crippen molar-refractivity contribution in [1.29, 1.82) is 0 Å². The van der Waals surface area contributed by atoms with E-state index in [2.05, 4.69) is 69.5 Å². The Labute approximate surface area is 321 Å². The number of nitrogens with zero attached hydrogens (tertiary/aromatic N) is 8. The number of hydrogen-bond donors (Lipinski definition) is 0. The van der Waals surface area contributed by atoms with Gasteiger partial charge in [0, 0.05) is 102 Å². The number of rotatable bonds is 8. The highest BCUT2D eigenvalue weighted by molar-refractivity contribution is 7.86. The summed E-state index contributed by atoms with van der Waals surface area (Å²) >= 11 is 0. The van der Waals surface area contributed by atoms with Crippen molar-refractivity contribution in [1.82, 2.24) is 24.7 Å². The maximum atomic E-state index is 14.7. The van der Waals surface area contributed by atoms with Crippen LogP contribution >= 0.6 is 0 Å². The molecule has 1 aromatic rings. The van der Waals surface area contributed by atoms with E-state index in [1.165, 1.54) is 11.1 Å². The topological polar surface area (TPSA) is 123 Å². The first-order valence-electron chi connectivity index (χ1n) is 20.3. The van der Waals surface area contributed by atoms with Crippen LogP contribution in [0.2, 0.25) is 0 Å². The highest BCUT2D eigenvalue weighted by atomic mass is 32.2. The fourth-order valence-electron chi connectivity index (χ4n) is 11.1. The zero-order valence-electron chi connectivity index (χ0n) is 33.1. The van der Waals surface area contributed by atoms with E-state index in [1.807, 2.05) is 6.08 Å². The van der Waals surface area contributed by atoms with Crippen LogP contribution in [0.3, 0.4) is 0 Å². The number of allylic oxidation sites excluding steroid dienone is 4. The van der Waals surface area contributed by atoms with Crippen LogP contribution in [0, 0.1) is 22.7 Å². The molecule has 296 valence electrons. The number of likely N-dealkylation sites (N-methyl/N-ethyl adjacent to an activating group) is 2. The number of hydrogen-bond acceptors (Lipinski definition) is 13. The lowest BCUT2D eigenvalue weighted by Gasteiger charge is -2.55. The summed E-state index contributed by atoms with van der Waals surface area (Å²) in [4.78, 5) is 51.2. The molecule has 3 saturated heterocycles. The third-order valence-corrected chi connectivity index (χ3v) is 15.2. The molecule has 0 unspecified atom stereocenters. The average molecular weight is 765 g/mol. The van der Waals surface area contributed by atoms with E-state index in [1.54, 1.807) is 0 Å². The highest BCUT2D eigenvalue weighted by Gasteiger charge is 2.67. The van der Waals surface area contributed by atoms with Crippen LogP contribution < -0.4 is 14.7 Å². The van der Waals surface area contributed by atoms with Crippen molar-refractivity contribution in [3.63, 3.8) is 0 Å². The standard InChI is InChI=1S/C40H60N8O5S/c1-38-11-8-30(49)26-29(38)6-7-31-32(38)9-12-39(2)33(31)10-13-40(39,53-54(5,51)52)34(50)28-45-18-24-47(25-19-45)36-27-35(46-20-14-43(3)15-21-46)41-37(42-36)48-22-16-44(4)17-23-48/h9,26-27,31,33H,6-8,10-25,28H2,1-5H3/t31-,33+,38+,39+,40+/m1/s1. The molecule has 4 aliphatic carbocycles. The van der Waals surface area contributed by atoms with Crippen molar-refractivity contribution in [2.75, 3.05) is 120 Å². The van der Waals surface area contributed by atoms with Crippen molar-refractivity contribution in [3.8, 4) is 0 Å². The van der Waals surface area contributed by atoms with Gasteiger partial charge >= 0.3 is 0 Å². The Hall–Kier alpha value is -2.91. The van der Waals surface area contributed by atoms with Crippen LogP contribution in [0.5, 0.6) is 0 Å². The summed E-state index contributed by atoms with van der Waals surface area (Å²) in [6.07, 6.45) is 10.2. The van der Waals surface area contributed by atoms with Crippen molar-refractivity contribution >= 4 is 39.3 Å². The van der Waals surface area contributed by atoms with Crippen LogP contribution in [0.15, 0.2) is 29.4 Å². The molecule has 2 saturated carbocycles. The number of carbonyl (C=O) groups is 2. The minimum atomic E-state index is -3.93. The minimum Gasteiger partial charge on any atom is -0.354 e. The van der Waals surface area contributed by atoms with Gasteiger partial charge < -0.3 is 24.5 Å². The Morgan fingerprint density at radius 3 is 2.04 bits per heavy atom. The van der Waals surface area contributed by atoms with Crippen molar-refractivity contribution in [3.05, 3.63) is 29.4 Å². The molecule has 8 rings (SSSR count). The molecule has 1 aromatic heterocycles. The van der Waals surface area contributed by atoms with E-state index in [0.29, 0.717) is 45.4 Å². The Morgan fingerprint density at radius 2 is 1.43 bits per heavy atom. The lowest BCUT2D eigenvalue weighted by atomic mass is 9.50. The predicted molar refractivity (Wildman–Crippen MR) is 210 cm³/mol. The molecule has 3 aliphatic heterocycles. The second-order valence-electron chi connectivity index (χ2n) is 17.8. The first-order chi connectivity index (χ1) is 25.7. The van der Waals surface area contributed by atoms with Gasteiger partial charge in [-0.2, -0.15) is 18.4 Å². The van der Waals surface area contributed by atoms with E-state index in [-0.39, 0.29) is 35.4 Å². The fraction of sp³-hybridized carbons (Fsp3) is 0.750. The molecule has 54 heavy (non-hydrogen) atoms. The molecule has 0 N–H and O–H groups in total. The third-order valence-electron chi connectivity index (χ3n) is 14.6. The van der Waals surface area contributed by atoms with Crippen LogP contribution in [0.25, 0.3) is 0 Å². The van der Waals surface area contributed by atoms with Gasteiger partial charge in [0.05, 0.1) is 12.8 Å². The molecule has 0 bridgehead atoms. The average Bonchev–Trinajstić information content (AvgIpc) is 3.44. The number of Topliss-reactive ketones (excluding diaryl/α,β-unsaturated/α-hetero) is 1. The lowest BCUT2D eigenvalue weighted by molar-refractivity contribution is -0.148. The van der Waals surface area contributed by atoms with Gasteiger partial charge in [0.15, 0.2) is 17.2 Å². The monoisotopic (exact) mass is 764 g/mol. The lowest BCUT2D eigenvalue weighted by Crippen LogP contribution is -2.60. The summed E-state index contributed by atoms with van der Waals surface area (Å²) in [5.41, 5.74) is 0.441. The molecule has 4 heterocycles. The maximum absolute atomic E-state index is 14.7. The number of anilines is 3.